The first-order chi connectivity index (χ1) is 10.6. The Bertz CT molecular complexity index is 481. The van der Waals surface area contributed by atoms with E-state index in [0.29, 0.717) is 18.9 Å². The molecule has 1 aliphatic heterocycles. The van der Waals surface area contributed by atoms with Gasteiger partial charge in [0.05, 0.1) is 6.54 Å². The maximum Gasteiger partial charge on any atom is 0.222 e. The number of nitrogens with one attached hydrogen (secondary N) is 1. The molecule has 0 unspecified atom stereocenters. The molecule has 1 N–H and O–H groups in total. The van der Waals surface area contributed by atoms with Crippen LogP contribution in [0.1, 0.15) is 38.2 Å². The van der Waals surface area contributed by atoms with Crippen LogP contribution in [-0.4, -0.2) is 30.4 Å². The highest BCUT2D eigenvalue weighted by Gasteiger charge is 2.19. The molecule has 3 nitrogen and oxygen atoms in total. The van der Waals surface area contributed by atoms with E-state index in [1.165, 1.54) is 23.1 Å². The maximum absolute atomic E-state index is 13.7. The van der Waals surface area contributed by atoms with Crippen LogP contribution in [0, 0.1) is 17.6 Å². The van der Waals surface area contributed by atoms with Crippen molar-refractivity contribution in [2.45, 2.75) is 39.2 Å². The van der Waals surface area contributed by atoms with Gasteiger partial charge in [-0.3, -0.25) is 4.79 Å². The standard InChI is InChI=1S/C17H24F2N2O/c1-2-21(12-14-15(18)4-3-5-16(14)19)17(22)7-6-13-8-10-20-11-9-13/h3-5,13,20H,2,6-12H2,1H3. The normalized spacial score (nSPS) is 15.8. The summed E-state index contributed by atoms with van der Waals surface area (Å²) in [6.45, 7) is 4.31. The Morgan fingerprint density at radius 3 is 2.50 bits per heavy atom. The quantitative estimate of drug-likeness (QED) is 0.876. The van der Waals surface area contributed by atoms with Gasteiger partial charge in [0.15, 0.2) is 0 Å². The van der Waals surface area contributed by atoms with E-state index in [1.807, 2.05) is 6.92 Å². The smallest absolute Gasteiger partial charge is 0.222 e. The lowest BCUT2D eigenvalue weighted by atomic mass is 9.93. The van der Waals surface area contributed by atoms with Crippen molar-refractivity contribution >= 4 is 5.91 Å². The molecule has 0 aliphatic carbocycles. The average Bonchev–Trinajstić information content (AvgIpc) is 2.53. The molecule has 0 saturated carbocycles. The van der Waals surface area contributed by atoms with Crippen molar-refractivity contribution in [1.29, 1.82) is 0 Å². The molecule has 0 atom stereocenters. The zero-order valence-corrected chi connectivity index (χ0v) is 13.1. The van der Waals surface area contributed by atoms with E-state index in [0.717, 1.165) is 32.4 Å². The van der Waals surface area contributed by atoms with Gasteiger partial charge < -0.3 is 10.2 Å². The first-order valence-corrected chi connectivity index (χ1v) is 8.03. The van der Waals surface area contributed by atoms with Gasteiger partial charge in [-0.2, -0.15) is 0 Å². The Morgan fingerprint density at radius 2 is 1.91 bits per heavy atom. The Balaban J connectivity index is 1.91. The van der Waals surface area contributed by atoms with Crippen molar-refractivity contribution in [1.82, 2.24) is 10.2 Å². The molecule has 0 aromatic heterocycles. The summed E-state index contributed by atoms with van der Waals surface area (Å²) in [7, 11) is 0. The molecular weight excluding hydrogens is 286 g/mol. The molecule has 0 bridgehead atoms. The van der Waals surface area contributed by atoms with Crippen LogP contribution in [0.2, 0.25) is 0 Å². The second-order valence-electron chi connectivity index (χ2n) is 5.84. The molecule has 1 heterocycles. The van der Waals surface area contributed by atoms with Crippen LogP contribution in [0.15, 0.2) is 18.2 Å². The molecule has 1 saturated heterocycles. The third-order valence-corrected chi connectivity index (χ3v) is 4.37. The van der Waals surface area contributed by atoms with Gasteiger partial charge in [-0.05, 0) is 57.3 Å². The molecule has 1 aromatic carbocycles. The van der Waals surface area contributed by atoms with Crippen LogP contribution in [0.3, 0.4) is 0 Å². The molecule has 0 spiro atoms. The Kier molecular flexibility index (Phi) is 6.31. The zero-order valence-electron chi connectivity index (χ0n) is 13.1. The number of carbonyl (C=O) groups is 1. The minimum atomic E-state index is -0.593. The summed E-state index contributed by atoms with van der Waals surface area (Å²) in [6, 6.07) is 3.79. The maximum atomic E-state index is 13.7. The number of nitrogens with zero attached hydrogens (tertiary/aromatic N) is 1. The number of benzene rings is 1. The van der Waals surface area contributed by atoms with E-state index in [4.69, 9.17) is 0 Å². The summed E-state index contributed by atoms with van der Waals surface area (Å²) in [5.74, 6) is -0.632. The van der Waals surface area contributed by atoms with Crippen LogP contribution in [0.4, 0.5) is 8.78 Å². The minimum absolute atomic E-state index is 0.0000617. The molecule has 1 aromatic rings. The molecule has 0 radical (unpaired) electrons. The zero-order chi connectivity index (χ0) is 15.9. The number of piperidine rings is 1. The number of hydrogen-bond acceptors (Lipinski definition) is 2. The summed E-state index contributed by atoms with van der Waals surface area (Å²) >= 11 is 0. The fourth-order valence-electron chi connectivity index (χ4n) is 2.91. The lowest BCUT2D eigenvalue weighted by Crippen LogP contribution is -2.32. The van der Waals surface area contributed by atoms with Gasteiger partial charge in [-0.15, -0.1) is 0 Å². The van der Waals surface area contributed by atoms with Crippen LogP contribution in [0.5, 0.6) is 0 Å². The van der Waals surface area contributed by atoms with Crippen LogP contribution >= 0.6 is 0 Å². The fourth-order valence-corrected chi connectivity index (χ4v) is 2.91. The number of rotatable bonds is 6. The second kappa shape index (κ2) is 8.22. The largest absolute Gasteiger partial charge is 0.338 e. The van der Waals surface area contributed by atoms with Crippen molar-refractivity contribution in [3.05, 3.63) is 35.4 Å². The molecule has 5 heteroatoms. The van der Waals surface area contributed by atoms with Gasteiger partial charge in [0.2, 0.25) is 5.91 Å². The van der Waals surface area contributed by atoms with Crippen LogP contribution in [0.25, 0.3) is 0 Å². The van der Waals surface area contributed by atoms with E-state index < -0.39 is 11.6 Å². The van der Waals surface area contributed by atoms with Crippen molar-refractivity contribution in [2.24, 2.45) is 5.92 Å². The topological polar surface area (TPSA) is 32.3 Å². The summed E-state index contributed by atoms with van der Waals surface area (Å²) in [4.78, 5) is 13.8. The molecule has 1 amide bonds. The van der Waals surface area contributed by atoms with Gasteiger partial charge in [0, 0.05) is 18.5 Å². The van der Waals surface area contributed by atoms with Gasteiger partial charge in [0.1, 0.15) is 11.6 Å². The van der Waals surface area contributed by atoms with Gasteiger partial charge >= 0.3 is 0 Å². The molecule has 122 valence electrons. The Labute approximate surface area is 130 Å². The van der Waals surface area contributed by atoms with Crippen molar-refractivity contribution < 1.29 is 13.6 Å². The highest BCUT2D eigenvalue weighted by molar-refractivity contribution is 5.76. The number of carbonyl (C=O) groups excluding carboxylic acids is 1. The second-order valence-corrected chi connectivity index (χ2v) is 5.84. The van der Waals surface area contributed by atoms with E-state index in [2.05, 4.69) is 5.32 Å². The predicted octanol–water partition coefficient (Wildman–Crippen LogP) is 3.09. The third kappa shape index (κ3) is 4.50. The minimum Gasteiger partial charge on any atom is -0.338 e. The third-order valence-electron chi connectivity index (χ3n) is 4.37. The monoisotopic (exact) mass is 310 g/mol. The van der Waals surface area contributed by atoms with Gasteiger partial charge in [-0.1, -0.05) is 6.07 Å². The SMILES string of the molecule is CCN(Cc1c(F)cccc1F)C(=O)CCC1CCNCC1. The summed E-state index contributed by atoms with van der Waals surface area (Å²) in [6.07, 6.45) is 3.51. The molecular formula is C17H24F2N2O. The number of hydrogen-bond donors (Lipinski definition) is 1. The van der Waals surface area contributed by atoms with E-state index in [1.54, 1.807) is 0 Å². The summed E-state index contributed by atoms with van der Waals surface area (Å²) in [5, 5.41) is 3.30. The van der Waals surface area contributed by atoms with Gasteiger partial charge in [0.25, 0.3) is 0 Å². The van der Waals surface area contributed by atoms with Crippen LogP contribution < -0.4 is 5.32 Å². The molecule has 1 fully saturated rings. The van der Waals surface area contributed by atoms with Gasteiger partial charge in [-0.25, -0.2) is 8.78 Å². The number of halogens is 2. The lowest BCUT2D eigenvalue weighted by molar-refractivity contribution is -0.132. The Hall–Kier alpha value is -1.49. The van der Waals surface area contributed by atoms with E-state index >= 15 is 0 Å². The average molecular weight is 310 g/mol. The molecule has 2 rings (SSSR count). The van der Waals surface area contributed by atoms with Crippen LogP contribution in [-0.2, 0) is 11.3 Å². The van der Waals surface area contributed by atoms with E-state index in [9.17, 15) is 13.6 Å². The summed E-state index contributed by atoms with van der Waals surface area (Å²) < 4.78 is 27.4. The first kappa shape index (κ1) is 16.9. The fraction of sp³-hybridized carbons (Fsp3) is 0.588. The van der Waals surface area contributed by atoms with E-state index in [-0.39, 0.29) is 18.0 Å². The Morgan fingerprint density at radius 1 is 1.27 bits per heavy atom. The van der Waals surface area contributed by atoms with Crippen molar-refractivity contribution in [3.8, 4) is 0 Å². The first-order valence-electron chi connectivity index (χ1n) is 8.03. The van der Waals surface area contributed by atoms with Crippen molar-refractivity contribution in [3.63, 3.8) is 0 Å². The van der Waals surface area contributed by atoms with Crippen molar-refractivity contribution in [2.75, 3.05) is 19.6 Å². The summed E-state index contributed by atoms with van der Waals surface area (Å²) in [5.41, 5.74) is -0.0282. The highest BCUT2D eigenvalue weighted by atomic mass is 19.1. The highest BCUT2D eigenvalue weighted by Crippen LogP contribution is 2.20. The molecule has 1 aliphatic rings. The lowest BCUT2D eigenvalue weighted by Gasteiger charge is -2.25. The number of amides is 1. The molecule has 22 heavy (non-hydrogen) atoms. The predicted molar refractivity (Wildman–Crippen MR) is 82.3 cm³/mol.